The summed E-state index contributed by atoms with van der Waals surface area (Å²) in [6.45, 7) is 11.0. The Hall–Kier alpha value is -4.94. The third kappa shape index (κ3) is 7.31. The first-order valence-electron chi connectivity index (χ1n) is 17.1. The Labute approximate surface area is 291 Å². The smallest absolute Gasteiger partial charge is 0.333 e. The lowest BCUT2D eigenvalue weighted by molar-refractivity contribution is 0.0628. The standard InChI is InChI=1S/C38H46N6O6/c1-25-26(2)36(46)40(3)24-31(25)28-6-7-30(34(21-28)50-5)23-42-18-16-41(17-19-42)22-27-10-13-43(14-11-27)37(47)29-8-9-33(49-4)32(20-29)44-15-12-35(45)39-38(44)48/h6-9,12,15,20-21,24,27H,10-11,13-14,16-19,22-23H2,1-5H3,(H,39,45,48). The number of nitrogens with one attached hydrogen (secondary N) is 1. The highest BCUT2D eigenvalue weighted by molar-refractivity contribution is 5.95. The lowest BCUT2D eigenvalue weighted by atomic mass is 9.95. The van der Waals surface area contributed by atoms with Crippen molar-refractivity contribution >= 4 is 5.91 Å². The van der Waals surface area contributed by atoms with Crippen LogP contribution in [-0.2, 0) is 13.6 Å². The Morgan fingerprint density at radius 3 is 2.22 bits per heavy atom. The third-order valence-corrected chi connectivity index (χ3v) is 10.3. The van der Waals surface area contributed by atoms with E-state index < -0.39 is 11.2 Å². The van der Waals surface area contributed by atoms with E-state index in [4.69, 9.17) is 9.47 Å². The van der Waals surface area contributed by atoms with Crippen LogP contribution in [0.3, 0.4) is 0 Å². The summed E-state index contributed by atoms with van der Waals surface area (Å²) in [6, 6.07) is 12.6. The number of rotatable bonds is 9. The van der Waals surface area contributed by atoms with E-state index in [1.54, 1.807) is 36.9 Å². The van der Waals surface area contributed by atoms with Crippen molar-refractivity contribution in [2.45, 2.75) is 33.2 Å². The Morgan fingerprint density at radius 2 is 1.54 bits per heavy atom. The fraction of sp³-hybridized carbons (Fsp3) is 0.421. The van der Waals surface area contributed by atoms with Gasteiger partial charge in [0.25, 0.3) is 17.0 Å². The van der Waals surface area contributed by atoms with Crippen molar-refractivity contribution in [3.05, 3.63) is 108 Å². The zero-order valence-corrected chi connectivity index (χ0v) is 29.5. The first-order valence-corrected chi connectivity index (χ1v) is 17.1. The van der Waals surface area contributed by atoms with E-state index in [0.29, 0.717) is 36.0 Å². The quantitative estimate of drug-likeness (QED) is 0.286. The summed E-state index contributed by atoms with van der Waals surface area (Å²) in [6.07, 6.45) is 5.16. The molecule has 0 radical (unpaired) electrons. The Morgan fingerprint density at radius 1 is 0.840 bits per heavy atom. The fourth-order valence-corrected chi connectivity index (χ4v) is 7.17. The van der Waals surface area contributed by atoms with Gasteiger partial charge >= 0.3 is 5.69 Å². The van der Waals surface area contributed by atoms with Gasteiger partial charge < -0.3 is 23.8 Å². The lowest BCUT2D eigenvalue weighted by Crippen LogP contribution is -2.48. The van der Waals surface area contributed by atoms with Crippen molar-refractivity contribution in [3.63, 3.8) is 0 Å². The van der Waals surface area contributed by atoms with Crippen LogP contribution in [0.4, 0.5) is 0 Å². The van der Waals surface area contributed by atoms with Gasteiger partial charge in [0.1, 0.15) is 11.5 Å². The molecule has 50 heavy (non-hydrogen) atoms. The molecule has 2 aromatic carbocycles. The molecule has 12 heteroatoms. The number of hydrogen-bond donors (Lipinski definition) is 1. The number of piperazine rings is 1. The molecule has 6 rings (SSSR count). The van der Waals surface area contributed by atoms with Gasteiger partial charge in [0.15, 0.2) is 0 Å². The van der Waals surface area contributed by atoms with E-state index >= 15 is 0 Å². The Bertz CT molecular complexity index is 2050. The van der Waals surface area contributed by atoms with Gasteiger partial charge in [-0.2, -0.15) is 0 Å². The molecule has 2 aliphatic heterocycles. The second-order valence-electron chi connectivity index (χ2n) is 13.4. The van der Waals surface area contributed by atoms with Gasteiger partial charge in [0, 0.05) is 100 Å². The van der Waals surface area contributed by atoms with E-state index in [2.05, 4.69) is 33.0 Å². The van der Waals surface area contributed by atoms with E-state index in [1.807, 2.05) is 24.9 Å². The number of piperidine rings is 1. The molecular weight excluding hydrogens is 636 g/mol. The number of amides is 1. The number of likely N-dealkylation sites (tertiary alicyclic amines) is 1. The number of H-pyrrole nitrogens is 1. The molecule has 0 spiro atoms. The molecule has 1 amide bonds. The average molecular weight is 683 g/mol. The summed E-state index contributed by atoms with van der Waals surface area (Å²) in [5.74, 6) is 1.72. The summed E-state index contributed by atoms with van der Waals surface area (Å²) < 4.78 is 14.2. The van der Waals surface area contributed by atoms with Gasteiger partial charge in [0.2, 0.25) is 0 Å². The van der Waals surface area contributed by atoms with Crippen LogP contribution in [0.2, 0.25) is 0 Å². The van der Waals surface area contributed by atoms with Gasteiger partial charge in [-0.3, -0.25) is 28.8 Å². The molecule has 4 aromatic rings. The number of pyridine rings is 1. The van der Waals surface area contributed by atoms with Crippen LogP contribution in [0.15, 0.2) is 69.2 Å². The van der Waals surface area contributed by atoms with Crippen molar-refractivity contribution in [2.24, 2.45) is 13.0 Å². The minimum absolute atomic E-state index is 0.0274. The maximum Gasteiger partial charge on any atom is 0.333 e. The van der Waals surface area contributed by atoms with E-state index in [-0.39, 0.29) is 11.5 Å². The zero-order valence-electron chi connectivity index (χ0n) is 29.5. The highest BCUT2D eigenvalue weighted by atomic mass is 16.5. The van der Waals surface area contributed by atoms with Crippen LogP contribution in [-0.4, -0.2) is 94.8 Å². The normalized spacial score (nSPS) is 16.1. The second-order valence-corrected chi connectivity index (χ2v) is 13.4. The van der Waals surface area contributed by atoms with Gasteiger partial charge in [-0.25, -0.2) is 4.79 Å². The van der Waals surface area contributed by atoms with Gasteiger partial charge in [0.05, 0.1) is 19.9 Å². The number of nitrogens with zero attached hydrogens (tertiary/aromatic N) is 5. The molecule has 2 aromatic heterocycles. The first kappa shape index (κ1) is 34.9. The minimum atomic E-state index is -0.597. The molecule has 0 bridgehead atoms. The van der Waals surface area contributed by atoms with Crippen LogP contribution >= 0.6 is 0 Å². The molecule has 264 valence electrons. The summed E-state index contributed by atoms with van der Waals surface area (Å²) in [7, 11) is 5.00. The summed E-state index contributed by atoms with van der Waals surface area (Å²) in [5, 5.41) is 0. The SMILES string of the molecule is COc1cc(-c2cn(C)c(=O)c(C)c2C)ccc1CN1CCN(CC2CCN(C(=O)c3ccc(OC)c(-n4ccc(=O)[nH]c4=O)c3)CC2)CC1. The molecule has 1 N–H and O–H groups in total. The van der Waals surface area contributed by atoms with E-state index in [0.717, 1.165) is 85.7 Å². The van der Waals surface area contributed by atoms with E-state index in [9.17, 15) is 19.2 Å². The minimum Gasteiger partial charge on any atom is -0.496 e. The fourth-order valence-electron chi connectivity index (χ4n) is 7.17. The molecule has 12 nitrogen and oxygen atoms in total. The molecule has 4 heterocycles. The third-order valence-electron chi connectivity index (χ3n) is 10.3. The molecular formula is C38H46N6O6. The molecule has 0 atom stereocenters. The van der Waals surface area contributed by atoms with Crippen LogP contribution < -0.4 is 26.3 Å². The maximum atomic E-state index is 13.5. The molecule has 0 unspecified atom stereocenters. The monoisotopic (exact) mass is 682 g/mol. The maximum absolute atomic E-state index is 13.5. The van der Waals surface area contributed by atoms with Gasteiger partial charge in [-0.1, -0.05) is 12.1 Å². The summed E-state index contributed by atoms with van der Waals surface area (Å²) >= 11 is 0. The largest absolute Gasteiger partial charge is 0.496 e. The first-order chi connectivity index (χ1) is 24.1. The van der Waals surface area contributed by atoms with Crippen molar-refractivity contribution in [3.8, 4) is 28.3 Å². The number of methoxy groups -OCH3 is 2. The number of aromatic amines is 1. The Balaban J connectivity index is 1.01. The van der Waals surface area contributed by atoms with E-state index in [1.165, 1.54) is 23.9 Å². The number of benzene rings is 2. The van der Waals surface area contributed by atoms with Crippen molar-refractivity contribution in [1.82, 2.24) is 28.8 Å². The van der Waals surface area contributed by atoms with Crippen molar-refractivity contribution in [1.29, 1.82) is 0 Å². The summed E-state index contributed by atoms with van der Waals surface area (Å²) in [4.78, 5) is 59.0. The number of carbonyl (C=O) groups excluding carboxylic acids is 1. The number of carbonyl (C=O) groups is 1. The predicted octanol–water partition coefficient (Wildman–Crippen LogP) is 3.20. The molecule has 2 saturated heterocycles. The molecule has 0 aliphatic carbocycles. The number of ether oxygens (including phenoxy) is 2. The number of hydrogen-bond acceptors (Lipinski definition) is 8. The van der Waals surface area contributed by atoms with Crippen LogP contribution in [0.25, 0.3) is 16.8 Å². The highest BCUT2D eigenvalue weighted by Crippen LogP contribution is 2.31. The topological polar surface area (TPSA) is 122 Å². The molecule has 2 aliphatic rings. The predicted molar refractivity (Wildman–Crippen MR) is 193 cm³/mol. The molecule has 0 saturated carbocycles. The number of aryl methyl sites for hydroxylation is 1. The highest BCUT2D eigenvalue weighted by Gasteiger charge is 2.27. The van der Waals surface area contributed by atoms with Gasteiger partial charge in [-0.05, 0) is 68.0 Å². The van der Waals surface area contributed by atoms with Crippen molar-refractivity contribution in [2.75, 3.05) is 60.0 Å². The number of aromatic nitrogens is 3. The lowest BCUT2D eigenvalue weighted by Gasteiger charge is -2.39. The zero-order chi connectivity index (χ0) is 35.5. The Kier molecular flexibility index (Phi) is 10.4. The van der Waals surface area contributed by atoms with Crippen molar-refractivity contribution < 1.29 is 14.3 Å². The average Bonchev–Trinajstić information content (AvgIpc) is 3.13. The molecule has 2 fully saturated rings. The van der Waals surface area contributed by atoms with Crippen LogP contribution in [0.1, 0.15) is 39.9 Å². The van der Waals surface area contributed by atoms with Crippen LogP contribution in [0.5, 0.6) is 11.5 Å². The summed E-state index contributed by atoms with van der Waals surface area (Å²) in [5.41, 5.74) is 4.78. The van der Waals surface area contributed by atoms with Crippen LogP contribution in [0, 0.1) is 19.8 Å². The van der Waals surface area contributed by atoms with Gasteiger partial charge in [-0.15, -0.1) is 0 Å². The second kappa shape index (κ2) is 14.9.